The molecule has 1 aliphatic heterocycles. The number of nitrogens with zero attached hydrogens (tertiary/aromatic N) is 2. The van der Waals surface area contributed by atoms with Gasteiger partial charge in [-0.2, -0.15) is 0 Å². The number of anilines is 1. The molecule has 34 heavy (non-hydrogen) atoms. The summed E-state index contributed by atoms with van der Waals surface area (Å²) in [5.41, 5.74) is 4.10. The molecule has 0 bridgehead atoms. The number of allylic oxidation sites excluding steroid dienone is 1. The Morgan fingerprint density at radius 3 is 2.29 bits per heavy atom. The van der Waals surface area contributed by atoms with Gasteiger partial charge >= 0.3 is 0 Å². The summed E-state index contributed by atoms with van der Waals surface area (Å²) in [6.45, 7) is 8.19. The summed E-state index contributed by atoms with van der Waals surface area (Å²) in [6, 6.07) is 17.7. The first-order valence-electron chi connectivity index (χ1n) is 11.2. The molecule has 7 nitrogen and oxygen atoms in total. The summed E-state index contributed by atoms with van der Waals surface area (Å²) in [7, 11) is 0. The fourth-order valence-electron chi connectivity index (χ4n) is 3.92. The molecule has 0 radical (unpaired) electrons. The van der Waals surface area contributed by atoms with Crippen molar-refractivity contribution < 1.29 is 19.2 Å². The largest absolute Gasteiger partial charge is 0.488 e. The zero-order valence-corrected chi connectivity index (χ0v) is 19.4. The van der Waals surface area contributed by atoms with E-state index in [-0.39, 0.29) is 23.8 Å². The molecular formula is C27H26N2O5. The van der Waals surface area contributed by atoms with Gasteiger partial charge in [0.15, 0.2) is 5.76 Å². The standard InChI is InChI=1S/C27H26N2O5/c1-4-28(5-2)21-10-6-19(7-11-21)16-25-26(30)23-14-15-24(18(3)27(23)34-25)33-17-20-8-12-22(13-9-20)29(31)32/h6-16H,4-5,17H2,1-3H3/b25-16-. The van der Waals surface area contributed by atoms with Gasteiger partial charge in [-0.25, -0.2) is 0 Å². The Bertz CT molecular complexity index is 1240. The van der Waals surface area contributed by atoms with Gasteiger partial charge in [-0.15, -0.1) is 0 Å². The number of non-ortho nitro benzene ring substituents is 1. The molecule has 3 aromatic rings. The van der Waals surface area contributed by atoms with E-state index in [4.69, 9.17) is 9.47 Å². The summed E-state index contributed by atoms with van der Waals surface area (Å²) in [4.78, 5) is 25.5. The molecule has 7 heteroatoms. The van der Waals surface area contributed by atoms with Gasteiger partial charge in [0.25, 0.3) is 5.69 Å². The van der Waals surface area contributed by atoms with E-state index in [1.165, 1.54) is 12.1 Å². The third-order valence-corrected chi connectivity index (χ3v) is 5.90. The van der Waals surface area contributed by atoms with Crippen LogP contribution < -0.4 is 14.4 Å². The average Bonchev–Trinajstić information content (AvgIpc) is 3.16. The van der Waals surface area contributed by atoms with Gasteiger partial charge in [-0.1, -0.05) is 12.1 Å². The summed E-state index contributed by atoms with van der Waals surface area (Å²) in [6.07, 6.45) is 1.76. The minimum absolute atomic E-state index is 0.0337. The second kappa shape index (κ2) is 9.79. The Morgan fingerprint density at radius 1 is 1.00 bits per heavy atom. The van der Waals surface area contributed by atoms with Gasteiger partial charge < -0.3 is 14.4 Å². The molecule has 4 rings (SSSR count). The van der Waals surface area contributed by atoms with Crippen molar-refractivity contribution >= 4 is 23.2 Å². The first-order valence-corrected chi connectivity index (χ1v) is 11.2. The average molecular weight is 459 g/mol. The van der Waals surface area contributed by atoms with E-state index in [1.807, 2.05) is 31.2 Å². The lowest BCUT2D eigenvalue weighted by Crippen LogP contribution is -2.21. The highest BCUT2D eigenvalue weighted by molar-refractivity contribution is 6.15. The Hall–Kier alpha value is -4.13. The fourth-order valence-corrected chi connectivity index (χ4v) is 3.92. The molecule has 0 spiro atoms. The molecule has 0 saturated carbocycles. The van der Waals surface area contributed by atoms with E-state index >= 15 is 0 Å². The third kappa shape index (κ3) is 4.64. The number of Topliss-reactive ketones (excluding diaryl/α,β-unsaturated/α-hetero) is 1. The molecule has 0 aliphatic carbocycles. The maximum atomic E-state index is 12.9. The molecule has 0 unspecified atom stereocenters. The van der Waals surface area contributed by atoms with Crippen molar-refractivity contribution in [3.8, 4) is 11.5 Å². The molecular weight excluding hydrogens is 432 g/mol. The highest BCUT2D eigenvalue weighted by Crippen LogP contribution is 2.39. The lowest BCUT2D eigenvalue weighted by atomic mass is 10.1. The van der Waals surface area contributed by atoms with Crippen molar-refractivity contribution in [3.63, 3.8) is 0 Å². The van der Waals surface area contributed by atoms with Crippen molar-refractivity contribution in [1.82, 2.24) is 0 Å². The lowest BCUT2D eigenvalue weighted by molar-refractivity contribution is -0.384. The van der Waals surface area contributed by atoms with Crippen LogP contribution in [0.3, 0.4) is 0 Å². The molecule has 0 aromatic heterocycles. The Balaban J connectivity index is 1.49. The second-order valence-electron chi connectivity index (χ2n) is 7.98. The quantitative estimate of drug-likeness (QED) is 0.236. The van der Waals surface area contributed by atoms with Crippen molar-refractivity contribution in [2.45, 2.75) is 27.4 Å². The van der Waals surface area contributed by atoms with Crippen LogP contribution in [0, 0.1) is 17.0 Å². The summed E-state index contributed by atoms with van der Waals surface area (Å²) < 4.78 is 11.9. The van der Waals surface area contributed by atoms with E-state index in [9.17, 15) is 14.9 Å². The first kappa shape index (κ1) is 23.0. The minimum atomic E-state index is -0.436. The number of nitro groups is 1. The third-order valence-electron chi connectivity index (χ3n) is 5.90. The van der Waals surface area contributed by atoms with Crippen molar-refractivity contribution in [2.75, 3.05) is 18.0 Å². The molecule has 0 saturated heterocycles. The number of benzene rings is 3. The van der Waals surface area contributed by atoms with Gasteiger partial charge in [-0.3, -0.25) is 14.9 Å². The number of carbonyl (C=O) groups is 1. The zero-order chi connectivity index (χ0) is 24.2. The van der Waals surface area contributed by atoms with Gasteiger partial charge in [0.05, 0.1) is 10.5 Å². The zero-order valence-electron chi connectivity index (χ0n) is 19.4. The Morgan fingerprint density at radius 2 is 1.68 bits per heavy atom. The lowest BCUT2D eigenvalue weighted by Gasteiger charge is -2.20. The molecule has 0 N–H and O–H groups in total. The number of rotatable bonds is 8. The van der Waals surface area contributed by atoms with Crippen molar-refractivity contribution in [1.29, 1.82) is 0 Å². The smallest absolute Gasteiger partial charge is 0.269 e. The topological polar surface area (TPSA) is 81.9 Å². The van der Waals surface area contributed by atoms with Crippen LogP contribution in [-0.4, -0.2) is 23.8 Å². The van der Waals surface area contributed by atoms with Crippen LogP contribution in [0.15, 0.2) is 66.4 Å². The second-order valence-corrected chi connectivity index (χ2v) is 7.98. The van der Waals surface area contributed by atoms with Crippen LogP contribution in [0.5, 0.6) is 11.5 Å². The fraction of sp³-hybridized carbons (Fsp3) is 0.222. The monoisotopic (exact) mass is 458 g/mol. The van der Waals surface area contributed by atoms with Crippen LogP contribution in [0.25, 0.3) is 6.08 Å². The predicted molar refractivity (Wildman–Crippen MR) is 132 cm³/mol. The van der Waals surface area contributed by atoms with E-state index < -0.39 is 4.92 Å². The van der Waals surface area contributed by atoms with Crippen LogP contribution in [0.1, 0.15) is 40.9 Å². The van der Waals surface area contributed by atoms with Crippen LogP contribution in [0.2, 0.25) is 0 Å². The Labute approximate surface area is 198 Å². The van der Waals surface area contributed by atoms with E-state index in [0.717, 1.165) is 35.5 Å². The Kier molecular flexibility index (Phi) is 6.63. The van der Waals surface area contributed by atoms with E-state index in [2.05, 4.69) is 18.7 Å². The van der Waals surface area contributed by atoms with Gasteiger partial charge in [-0.05, 0) is 74.4 Å². The van der Waals surface area contributed by atoms with Gasteiger partial charge in [0.1, 0.15) is 18.1 Å². The summed E-state index contributed by atoms with van der Waals surface area (Å²) in [5, 5.41) is 10.8. The molecule has 174 valence electrons. The number of ether oxygens (including phenoxy) is 2. The number of fused-ring (bicyclic) bond motifs is 1. The normalized spacial score (nSPS) is 13.5. The van der Waals surface area contributed by atoms with Crippen LogP contribution in [-0.2, 0) is 6.61 Å². The molecule has 0 amide bonds. The number of ketones is 1. The molecule has 3 aromatic carbocycles. The van der Waals surface area contributed by atoms with Crippen molar-refractivity contribution in [3.05, 3.63) is 98.8 Å². The molecule has 0 atom stereocenters. The number of hydrogen-bond acceptors (Lipinski definition) is 6. The minimum Gasteiger partial charge on any atom is -0.488 e. The maximum Gasteiger partial charge on any atom is 0.269 e. The van der Waals surface area contributed by atoms with Crippen LogP contribution in [0.4, 0.5) is 11.4 Å². The molecule has 1 heterocycles. The summed E-state index contributed by atoms with van der Waals surface area (Å²) >= 11 is 0. The predicted octanol–water partition coefficient (Wildman–Crippen LogP) is 5.94. The van der Waals surface area contributed by atoms with Crippen LogP contribution >= 0.6 is 0 Å². The molecule has 1 aliphatic rings. The van der Waals surface area contributed by atoms with Gasteiger partial charge in [0, 0.05) is 36.5 Å². The molecule has 0 fully saturated rings. The van der Waals surface area contributed by atoms with Crippen molar-refractivity contribution in [2.24, 2.45) is 0 Å². The first-order chi connectivity index (χ1) is 16.4. The van der Waals surface area contributed by atoms with E-state index in [0.29, 0.717) is 17.1 Å². The SMILES string of the molecule is CCN(CC)c1ccc(/C=C2\Oc3c(ccc(OCc4ccc([N+](=O)[O-])cc4)c3C)C2=O)cc1. The highest BCUT2D eigenvalue weighted by Gasteiger charge is 2.30. The number of nitro benzene ring substituents is 1. The maximum absolute atomic E-state index is 12.9. The number of carbonyl (C=O) groups excluding carboxylic acids is 1. The van der Waals surface area contributed by atoms with E-state index in [1.54, 1.807) is 30.3 Å². The number of hydrogen-bond donors (Lipinski definition) is 0. The highest BCUT2D eigenvalue weighted by atomic mass is 16.6. The summed E-state index contributed by atoms with van der Waals surface area (Å²) in [5.74, 6) is 1.21. The van der Waals surface area contributed by atoms with Gasteiger partial charge in [0.2, 0.25) is 5.78 Å².